The van der Waals surface area contributed by atoms with Gasteiger partial charge in [-0.25, -0.2) is 0 Å². The number of aromatic nitrogens is 1. The molecule has 0 bridgehead atoms. The van der Waals surface area contributed by atoms with E-state index < -0.39 is 17.5 Å². The van der Waals surface area contributed by atoms with Crippen molar-refractivity contribution >= 4 is 28.7 Å². The predicted molar refractivity (Wildman–Crippen MR) is 62.0 cm³/mol. The minimum absolute atomic E-state index is 0.0626. The Morgan fingerprint density at radius 2 is 2.00 bits per heavy atom. The van der Waals surface area contributed by atoms with E-state index in [2.05, 4.69) is 4.98 Å². The molecule has 2 heterocycles. The molecule has 2 aromatic heterocycles. The molecule has 7 heteroatoms. The fourth-order valence-corrected chi connectivity index (χ4v) is 2.36. The Labute approximate surface area is 109 Å². The van der Waals surface area contributed by atoms with E-state index >= 15 is 0 Å². The molecule has 2 nitrogen and oxygen atoms in total. The third-order valence-corrected chi connectivity index (χ3v) is 3.49. The van der Waals surface area contributed by atoms with Gasteiger partial charge in [0.1, 0.15) is 5.69 Å². The summed E-state index contributed by atoms with van der Waals surface area (Å²) in [6.45, 7) is 0. The normalized spacial score (nSPS) is 11.6. The van der Waals surface area contributed by atoms with Crippen LogP contribution in [0.1, 0.15) is 20.9 Å². The van der Waals surface area contributed by atoms with E-state index in [-0.39, 0.29) is 15.6 Å². The average Bonchev–Trinajstić information content (AvgIpc) is 2.73. The maximum atomic E-state index is 12.3. The first kappa shape index (κ1) is 13.0. The van der Waals surface area contributed by atoms with Crippen molar-refractivity contribution in [1.82, 2.24) is 4.98 Å². The van der Waals surface area contributed by atoms with E-state index in [1.807, 2.05) is 0 Å². The molecule has 0 fully saturated rings. The summed E-state index contributed by atoms with van der Waals surface area (Å²) in [7, 11) is 0. The van der Waals surface area contributed by atoms with E-state index in [9.17, 15) is 18.0 Å². The third kappa shape index (κ3) is 2.54. The van der Waals surface area contributed by atoms with E-state index in [1.165, 1.54) is 0 Å². The van der Waals surface area contributed by atoms with Gasteiger partial charge in [-0.3, -0.25) is 9.78 Å². The molecule has 0 saturated heterocycles. The number of hydrogen-bond donors (Lipinski definition) is 0. The summed E-state index contributed by atoms with van der Waals surface area (Å²) in [5, 5.41) is 1.89. The zero-order valence-electron chi connectivity index (χ0n) is 8.66. The fourth-order valence-electron chi connectivity index (χ4n) is 1.27. The highest BCUT2D eigenvalue weighted by molar-refractivity contribution is 7.13. The van der Waals surface area contributed by atoms with Crippen LogP contribution in [-0.2, 0) is 6.18 Å². The summed E-state index contributed by atoms with van der Waals surface area (Å²) in [4.78, 5) is 15.7. The first-order valence-electron chi connectivity index (χ1n) is 4.70. The van der Waals surface area contributed by atoms with Crippen molar-refractivity contribution in [2.45, 2.75) is 6.18 Å². The van der Waals surface area contributed by atoms with Crippen LogP contribution in [0.4, 0.5) is 13.2 Å². The lowest BCUT2D eigenvalue weighted by Crippen LogP contribution is -2.08. The van der Waals surface area contributed by atoms with Crippen LogP contribution in [0.25, 0.3) is 0 Å². The first-order chi connectivity index (χ1) is 8.39. The first-order valence-corrected chi connectivity index (χ1v) is 5.96. The van der Waals surface area contributed by atoms with Crippen molar-refractivity contribution in [2.75, 3.05) is 0 Å². The number of carbonyl (C=O) groups is 1. The molecule has 0 spiro atoms. The molecule has 2 rings (SSSR count). The highest BCUT2D eigenvalue weighted by Crippen LogP contribution is 2.29. The van der Waals surface area contributed by atoms with Crippen LogP contribution in [0.5, 0.6) is 0 Å². The maximum Gasteiger partial charge on any atom is 0.417 e. The number of rotatable bonds is 2. The van der Waals surface area contributed by atoms with Crippen molar-refractivity contribution in [3.8, 4) is 0 Å². The Balaban J connectivity index is 2.31. The number of alkyl halides is 3. The molecule has 0 amide bonds. The Kier molecular flexibility index (Phi) is 3.41. The molecule has 2 aromatic rings. The summed E-state index contributed by atoms with van der Waals surface area (Å²) in [5.74, 6) is -0.483. The fraction of sp³-hybridized carbons (Fsp3) is 0.0909. The second-order valence-electron chi connectivity index (χ2n) is 3.36. The molecule has 0 unspecified atom stereocenters. The molecule has 0 N–H and O–H groups in total. The van der Waals surface area contributed by atoms with Gasteiger partial charge in [0.2, 0.25) is 5.78 Å². The van der Waals surface area contributed by atoms with Crippen molar-refractivity contribution in [1.29, 1.82) is 0 Å². The van der Waals surface area contributed by atoms with Crippen LogP contribution in [0.15, 0.2) is 29.8 Å². The highest BCUT2D eigenvalue weighted by atomic mass is 35.5. The van der Waals surface area contributed by atoms with Gasteiger partial charge in [-0.2, -0.15) is 13.2 Å². The Hall–Kier alpha value is -1.40. The van der Waals surface area contributed by atoms with Gasteiger partial charge < -0.3 is 0 Å². The van der Waals surface area contributed by atoms with Gasteiger partial charge in [-0.1, -0.05) is 11.6 Å². The molecular weight excluding hydrogens is 287 g/mol. The molecule has 0 radical (unpaired) electrons. The monoisotopic (exact) mass is 291 g/mol. The van der Waals surface area contributed by atoms with Gasteiger partial charge in [0.25, 0.3) is 0 Å². The third-order valence-electron chi connectivity index (χ3n) is 2.15. The summed E-state index contributed by atoms with van der Waals surface area (Å²) in [5.41, 5.74) is -0.955. The molecule has 0 saturated carbocycles. The van der Waals surface area contributed by atoms with Crippen LogP contribution in [0, 0.1) is 0 Å². The number of pyridine rings is 1. The molecule has 18 heavy (non-hydrogen) atoms. The highest BCUT2D eigenvalue weighted by Gasteiger charge is 2.31. The Morgan fingerprint density at radius 3 is 2.44 bits per heavy atom. The minimum atomic E-state index is -4.46. The van der Waals surface area contributed by atoms with Gasteiger partial charge in [-0.15, -0.1) is 11.3 Å². The minimum Gasteiger partial charge on any atom is -0.286 e. The molecule has 0 aromatic carbocycles. The number of hydrogen-bond acceptors (Lipinski definition) is 3. The van der Waals surface area contributed by atoms with Crippen molar-refractivity contribution in [2.24, 2.45) is 0 Å². The lowest BCUT2D eigenvalue weighted by Gasteiger charge is -2.06. The molecule has 0 aliphatic heterocycles. The largest absolute Gasteiger partial charge is 0.417 e. The van der Waals surface area contributed by atoms with E-state index in [0.29, 0.717) is 6.20 Å². The second-order valence-corrected chi connectivity index (χ2v) is 4.68. The lowest BCUT2D eigenvalue weighted by molar-refractivity contribution is -0.137. The lowest BCUT2D eigenvalue weighted by atomic mass is 10.2. The average molecular weight is 292 g/mol. The summed E-state index contributed by atoms with van der Waals surface area (Å²) >= 11 is 6.89. The standard InChI is InChI=1S/C11H5ClF3NOS/c12-7-3-4-18-10(7)9(17)8-2-1-6(5-16-8)11(13,14)15/h1-5H. The Bertz CT molecular complexity index is 577. The maximum absolute atomic E-state index is 12.3. The van der Waals surface area contributed by atoms with E-state index in [1.54, 1.807) is 11.4 Å². The predicted octanol–water partition coefficient (Wildman–Crippen LogP) is 4.05. The van der Waals surface area contributed by atoms with Crippen molar-refractivity contribution in [3.63, 3.8) is 0 Å². The van der Waals surface area contributed by atoms with Gasteiger partial charge in [0, 0.05) is 6.20 Å². The van der Waals surface area contributed by atoms with E-state index in [4.69, 9.17) is 11.6 Å². The quantitative estimate of drug-likeness (QED) is 0.782. The number of nitrogens with zero attached hydrogens (tertiary/aromatic N) is 1. The van der Waals surface area contributed by atoms with Crippen LogP contribution in [0.2, 0.25) is 5.02 Å². The number of halogens is 4. The topological polar surface area (TPSA) is 30.0 Å². The summed E-state index contributed by atoms with van der Waals surface area (Å²) in [6, 6.07) is 3.41. The van der Waals surface area contributed by atoms with Crippen LogP contribution in [0.3, 0.4) is 0 Å². The second kappa shape index (κ2) is 4.70. The van der Waals surface area contributed by atoms with Crippen molar-refractivity contribution < 1.29 is 18.0 Å². The SMILES string of the molecule is O=C(c1ccc(C(F)(F)F)cn1)c1sccc1Cl. The van der Waals surface area contributed by atoms with Gasteiger partial charge in [0.05, 0.1) is 15.5 Å². The Morgan fingerprint density at radius 1 is 1.28 bits per heavy atom. The van der Waals surface area contributed by atoms with Crippen LogP contribution < -0.4 is 0 Å². The van der Waals surface area contributed by atoms with E-state index in [0.717, 1.165) is 23.5 Å². The van der Waals surface area contributed by atoms with Crippen molar-refractivity contribution in [3.05, 3.63) is 50.9 Å². The molecule has 0 aliphatic rings. The number of thiophene rings is 1. The summed E-state index contributed by atoms with van der Waals surface area (Å²) in [6.07, 6.45) is -3.83. The zero-order valence-corrected chi connectivity index (χ0v) is 10.2. The molecule has 94 valence electrons. The van der Waals surface area contributed by atoms with Gasteiger partial charge in [0.15, 0.2) is 0 Å². The van der Waals surface area contributed by atoms with Gasteiger partial charge >= 0.3 is 6.18 Å². The smallest absolute Gasteiger partial charge is 0.286 e. The molecular formula is C11H5ClF3NOS. The molecule has 0 atom stereocenters. The number of ketones is 1. The van der Waals surface area contributed by atoms with Crippen LogP contribution >= 0.6 is 22.9 Å². The zero-order chi connectivity index (χ0) is 13.3. The van der Waals surface area contributed by atoms with Crippen LogP contribution in [-0.4, -0.2) is 10.8 Å². The molecule has 0 aliphatic carbocycles. The van der Waals surface area contributed by atoms with Gasteiger partial charge in [-0.05, 0) is 23.6 Å². The number of carbonyl (C=O) groups excluding carboxylic acids is 1. The summed E-state index contributed by atoms with van der Waals surface area (Å²) < 4.78 is 36.9.